The van der Waals surface area contributed by atoms with Crippen LogP contribution in [0.1, 0.15) is 28.8 Å². The molecule has 1 amide bonds. The van der Waals surface area contributed by atoms with Gasteiger partial charge in [-0.3, -0.25) is 4.79 Å². The fraction of sp³-hybridized carbons (Fsp3) is 0.350. The minimum absolute atomic E-state index is 0.0917. The van der Waals surface area contributed by atoms with Gasteiger partial charge in [-0.15, -0.1) is 0 Å². The van der Waals surface area contributed by atoms with E-state index in [0.29, 0.717) is 23.1 Å². The molecule has 0 bridgehead atoms. The molecule has 0 unspecified atom stereocenters. The number of ether oxygens (including phenoxy) is 3. The lowest BCUT2D eigenvalue weighted by molar-refractivity contribution is 0.0669. The molecule has 1 saturated heterocycles. The predicted octanol–water partition coefficient (Wildman–Crippen LogP) is 3.98. The van der Waals surface area contributed by atoms with Gasteiger partial charge < -0.3 is 19.5 Å². The molecule has 1 aliphatic rings. The molecule has 0 aliphatic carbocycles. The van der Waals surface area contributed by atoms with Crippen LogP contribution in [0.2, 0.25) is 5.02 Å². The van der Waals surface area contributed by atoms with Crippen LogP contribution in [-0.4, -0.2) is 32.3 Å². The zero-order chi connectivity index (χ0) is 19.2. The van der Waals surface area contributed by atoms with Crippen molar-refractivity contribution in [2.24, 2.45) is 0 Å². The van der Waals surface area contributed by atoms with Crippen LogP contribution in [0.25, 0.3) is 0 Å². The molecule has 7 heteroatoms. The molecule has 2 aromatic rings. The summed E-state index contributed by atoms with van der Waals surface area (Å²) in [6.45, 7) is 1.46. The Labute approximate surface area is 162 Å². The zero-order valence-electron chi connectivity index (χ0n) is 15.0. The summed E-state index contributed by atoms with van der Waals surface area (Å²) in [7, 11) is 1.55. The van der Waals surface area contributed by atoms with E-state index in [1.165, 1.54) is 18.2 Å². The van der Waals surface area contributed by atoms with Gasteiger partial charge in [-0.2, -0.15) is 0 Å². The molecule has 27 heavy (non-hydrogen) atoms. The molecule has 1 atom stereocenters. The molecular formula is C20H21ClFNO4. The van der Waals surface area contributed by atoms with Crippen molar-refractivity contribution in [3.63, 3.8) is 0 Å². The number of carbonyl (C=O) groups excluding carboxylic acids is 1. The smallest absolute Gasteiger partial charge is 0.254 e. The molecule has 3 rings (SSSR count). The lowest BCUT2D eigenvalue weighted by atomic mass is 10.1. The van der Waals surface area contributed by atoms with Gasteiger partial charge in [-0.25, -0.2) is 4.39 Å². The van der Waals surface area contributed by atoms with Crippen molar-refractivity contribution in [3.8, 4) is 11.5 Å². The zero-order valence-corrected chi connectivity index (χ0v) is 15.7. The summed E-state index contributed by atoms with van der Waals surface area (Å²) >= 11 is 5.83. The van der Waals surface area contributed by atoms with Gasteiger partial charge in [0.2, 0.25) is 0 Å². The van der Waals surface area contributed by atoms with Crippen LogP contribution >= 0.6 is 11.6 Å². The summed E-state index contributed by atoms with van der Waals surface area (Å²) in [5, 5.41) is 2.98. The molecule has 1 aliphatic heterocycles. The number of nitrogens with one attached hydrogen (secondary N) is 1. The Kier molecular flexibility index (Phi) is 6.53. The number of rotatable bonds is 7. The average Bonchev–Trinajstić information content (AvgIpc) is 3.20. The maximum Gasteiger partial charge on any atom is 0.254 e. The topological polar surface area (TPSA) is 56.8 Å². The van der Waals surface area contributed by atoms with E-state index in [4.69, 9.17) is 25.8 Å². The van der Waals surface area contributed by atoms with Gasteiger partial charge in [0.15, 0.2) is 11.5 Å². The maximum atomic E-state index is 13.8. The lowest BCUT2D eigenvalue weighted by Crippen LogP contribution is -2.24. The Morgan fingerprint density at radius 1 is 1.30 bits per heavy atom. The van der Waals surface area contributed by atoms with Crippen molar-refractivity contribution in [2.45, 2.75) is 25.5 Å². The third-order valence-corrected chi connectivity index (χ3v) is 4.54. The molecule has 0 spiro atoms. The molecule has 0 aromatic heterocycles. The number of amides is 1. The summed E-state index contributed by atoms with van der Waals surface area (Å²) in [6, 6.07) is 9.25. The number of methoxy groups -OCH3 is 1. The highest BCUT2D eigenvalue weighted by atomic mass is 35.5. The Balaban J connectivity index is 1.61. The van der Waals surface area contributed by atoms with Crippen LogP contribution in [0.3, 0.4) is 0 Å². The summed E-state index contributed by atoms with van der Waals surface area (Å²) in [5.41, 5.74) is 0.707. The van der Waals surface area contributed by atoms with Crippen molar-refractivity contribution < 1.29 is 23.4 Å². The first kappa shape index (κ1) is 19.5. The summed E-state index contributed by atoms with van der Waals surface area (Å²) in [4.78, 5) is 12.2. The maximum absolute atomic E-state index is 13.8. The first-order chi connectivity index (χ1) is 13.1. The number of halogens is 2. The third-order valence-electron chi connectivity index (χ3n) is 4.30. The minimum atomic E-state index is -0.618. The standard InChI is InChI=1S/C20H21ClFNO4/c1-25-19-9-13(4-7-18(19)27-12-15-3-2-8-26-15)11-23-20(24)16-10-14(21)5-6-17(16)22/h4-7,9-10,15H,2-3,8,11-12H2,1H3,(H,23,24)/t15-/m1/s1. The van der Waals surface area contributed by atoms with Gasteiger partial charge in [-0.05, 0) is 48.7 Å². The molecule has 1 fully saturated rings. The van der Waals surface area contributed by atoms with Crippen molar-refractivity contribution in [2.75, 3.05) is 20.3 Å². The summed E-state index contributed by atoms with van der Waals surface area (Å²) < 4.78 is 30.5. The van der Waals surface area contributed by atoms with E-state index < -0.39 is 11.7 Å². The summed E-state index contributed by atoms with van der Waals surface area (Å²) in [6.07, 6.45) is 2.16. The Bertz CT molecular complexity index is 809. The molecule has 1 N–H and O–H groups in total. The monoisotopic (exact) mass is 393 g/mol. The summed E-state index contributed by atoms with van der Waals surface area (Å²) in [5.74, 6) is 0.0256. The van der Waals surface area contributed by atoms with Crippen molar-refractivity contribution in [3.05, 3.63) is 58.4 Å². The highest BCUT2D eigenvalue weighted by Crippen LogP contribution is 2.29. The lowest BCUT2D eigenvalue weighted by Gasteiger charge is -2.15. The highest BCUT2D eigenvalue weighted by molar-refractivity contribution is 6.31. The first-order valence-corrected chi connectivity index (χ1v) is 9.09. The van der Waals surface area contributed by atoms with E-state index in [0.717, 1.165) is 25.0 Å². The van der Waals surface area contributed by atoms with E-state index in [-0.39, 0.29) is 18.2 Å². The number of hydrogen-bond acceptors (Lipinski definition) is 4. The van der Waals surface area contributed by atoms with E-state index in [1.54, 1.807) is 19.2 Å². The van der Waals surface area contributed by atoms with E-state index >= 15 is 0 Å². The number of hydrogen-bond donors (Lipinski definition) is 1. The van der Waals surface area contributed by atoms with Crippen LogP contribution in [0.4, 0.5) is 4.39 Å². The normalized spacial score (nSPS) is 16.2. The van der Waals surface area contributed by atoms with Crippen molar-refractivity contribution in [1.82, 2.24) is 5.32 Å². The molecular weight excluding hydrogens is 373 g/mol. The van der Waals surface area contributed by atoms with Crippen LogP contribution in [0.15, 0.2) is 36.4 Å². The average molecular weight is 394 g/mol. The largest absolute Gasteiger partial charge is 0.493 e. The fourth-order valence-electron chi connectivity index (χ4n) is 2.85. The van der Waals surface area contributed by atoms with Crippen molar-refractivity contribution >= 4 is 17.5 Å². The van der Waals surface area contributed by atoms with E-state index in [2.05, 4.69) is 5.32 Å². The second kappa shape index (κ2) is 9.06. The van der Waals surface area contributed by atoms with Crippen LogP contribution in [0.5, 0.6) is 11.5 Å². The fourth-order valence-corrected chi connectivity index (χ4v) is 3.02. The Hall–Kier alpha value is -2.31. The van der Waals surface area contributed by atoms with E-state index in [9.17, 15) is 9.18 Å². The Morgan fingerprint density at radius 2 is 2.15 bits per heavy atom. The van der Waals surface area contributed by atoms with Gasteiger partial charge in [0, 0.05) is 18.2 Å². The van der Waals surface area contributed by atoms with Gasteiger partial charge >= 0.3 is 0 Å². The van der Waals surface area contributed by atoms with Gasteiger partial charge in [0.05, 0.1) is 18.8 Å². The molecule has 144 valence electrons. The predicted molar refractivity (Wildman–Crippen MR) is 100 cm³/mol. The first-order valence-electron chi connectivity index (χ1n) is 8.71. The van der Waals surface area contributed by atoms with Crippen LogP contribution < -0.4 is 14.8 Å². The molecule has 5 nitrogen and oxygen atoms in total. The highest BCUT2D eigenvalue weighted by Gasteiger charge is 2.17. The SMILES string of the molecule is COc1cc(CNC(=O)c2cc(Cl)ccc2F)ccc1OC[C@H]1CCCO1. The van der Waals surface area contributed by atoms with Gasteiger partial charge in [0.25, 0.3) is 5.91 Å². The Morgan fingerprint density at radius 3 is 2.89 bits per heavy atom. The second-order valence-electron chi connectivity index (χ2n) is 6.24. The van der Waals surface area contributed by atoms with Gasteiger partial charge in [-0.1, -0.05) is 17.7 Å². The van der Waals surface area contributed by atoms with Gasteiger partial charge in [0.1, 0.15) is 12.4 Å². The number of benzene rings is 2. The molecule has 1 heterocycles. The quantitative estimate of drug-likeness (QED) is 0.773. The van der Waals surface area contributed by atoms with Crippen LogP contribution in [0, 0.1) is 5.82 Å². The minimum Gasteiger partial charge on any atom is -0.493 e. The molecule has 0 saturated carbocycles. The third kappa shape index (κ3) is 5.11. The van der Waals surface area contributed by atoms with Crippen LogP contribution in [-0.2, 0) is 11.3 Å². The molecule has 0 radical (unpaired) electrons. The van der Waals surface area contributed by atoms with E-state index in [1.807, 2.05) is 6.07 Å². The number of carbonyl (C=O) groups is 1. The molecule has 2 aromatic carbocycles. The van der Waals surface area contributed by atoms with Crippen molar-refractivity contribution in [1.29, 1.82) is 0 Å². The second-order valence-corrected chi connectivity index (χ2v) is 6.67.